The van der Waals surface area contributed by atoms with Crippen LogP contribution in [0.5, 0.6) is 17.2 Å². The van der Waals surface area contributed by atoms with Gasteiger partial charge in [0.2, 0.25) is 6.79 Å². The highest BCUT2D eigenvalue weighted by Gasteiger charge is 2.20. The number of rotatable bonds is 7. The van der Waals surface area contributed by atoms with Crippen LogP contribution in [0.1, 0.15) is 18.1 Å². The van der Waals surface area contributed by atoms with Crippen molar-refractivity contribution in [3.05, 3.63) is 40.1 Å². The minimum Gasteiger partial charge on any atom is -0.454 e. The number of thiophene rings is 1. The SMILES string of the molecule is CCNC(=NCc1ccsc1)NCc1cc2c(cc1OC(F)F)OCO2.I. The summed E-state index contributed by atoms with van der Waals surface area (Å²) >= 11 is 1.61. The molecule has 0 saturated carbocycles. The van der Waals surface area contributed by atoms with Gasteiger partial charge in [-0.3, -0.25) is 0 Å². The maximum atomic E-state index is 12.7. The molecule has 0 radical (unpaired) electrons. The lowest BCUT2D eigenvalue weighted by Gasteiger charge is -2.15. The second kappa shape index (κ2) is 10.5. The number of aliphatic imine (C=N–C) groups is 1. The number of ether oxygens (including phenoxy) is 3. The number of guanidine groups is 1. The summed E-state index contributed by atoms with van der Waals surface area (Å²) in [6, 6.07) is 5.06. The highest BCUT2D eigenvalue weighted by Crippen LogP contribution is 2.38. The van der Waals surface area contributed by atoms with Crippen LogP contribution in [-0.2, 0) is 13.1 Å². The molecular formula is C17H20F2IN3O3S. The van der Waals surface area contributed by atoms with Gasteiger partial charge in [-0.05, 0) is 35.4 Å². The van der Waals surface area contributed by atoms with E-state index in [1.54, 1.807) is 17.4 Å². The molecule has 1 aliphatic rings. The predicted octanol–water partition coefficient (Wildman–Crippen LogP) is 3.95. The largest absolute Gasteiger partial charge is 0.454 e. The molecule has 27 heavy (non-hydrogen) atoms. The molecule has 2 heterocycles. The summed E-state index contributed by atoms with van der Waals surface area (Å²) in [5.41, 5.74) is 1.63. The zero-order valence-electron chi connectivity index (χ0n) is 14.5. The Balaban J connectivity index is 0.00000261. The van der Waals surface area contributed by atoms with Crippen molar-refractivity contribution in [2.24, 2.45) is 4.99 Å². The summed E-state index contributed by atoms with van der Waals surface area (Å²) in [4.78, 5) is 4.49. The van der Waals surface area contributed by atoms with E-state index in [1.165, 1.54) is 6.07 Å². The third-order valence-corrected chi connectivity index (χ3v) is 4.29. The molecule has 1 aromatic heterocycles. The molecular weight excluding hydrogens is 491 g/mol. The first-order valence-corrected chi connectivity index (χ1v) is 9.00. The van der Waals surface area contributed by atoms with Crippen molar-refractivity contribution in [2.75, 3.05) is 13.3 Å². The van der Waals surface area contributed by atoms with Crippen molar-refractivity contribution >= 4 is 41.3 Å². The highest BCUT2D eigenvalue weighted by molar-refractivity contribution is 14.0. The number of halogens is 3. The van der Waals surface area contributed by atoms with Crippen LogP contribution in [-0.4, -0.2) is 25.9 Å². The summed E-state index contributed by atoms with van der Waals surface area (Å²) < 4.78 is 40.5. The Labute approximate surface area is 176 Å². The third kappa shape index (κ3) is 6.09. The zero-order chi connectivity index (χ0) is 18.4. The van der Waals surface area contributed by atoms with Crippen LogP contribution in [0.25, 0.3) is 0 Å². The van der Waals surface area contributed by atoms with Crippen LogP contribution in [0.3, 0.4) is 0 Å². The topological polar surface area (TPSA) is 64.1 Å². The van der Waals surface area contributed by atoms with Crippen molar-refractivity contribution in [1.82, 2.24) is 10.6 Å². The summed E-state index contributed by atoms with van der Waals surface area (Å²) in [5, 5.41) is 10.3. The van der Waals surface area contributed by atoms with Gasteiger partial charge in [0.05, 0.1) is 6.54 Å². The lowest BCUT2D eigenvalue weighted by atomic mass is 10.1. The fourth-order valence-corrected chi connectivity index (χ4v) is 3.04. The predicted molar refractivity (Wildman–Crippen MR) is 111 cm³/mol. The van der Waals surface area contributed by atoms with Crippen LogP contribution in [0.15, 0.2) is 34.0 Å². The molecule has 148 valence electrons. The fraction of sp³-hybridized carbons (Fsp3) is 0.353. The molecule has 0 spiro atoms. The molecule has 0 saturated heterocycles. The maximum Gasteiger partial charge on any atom is 0.387 e. The summed E-state index contributed by atoms with van der Waals surface area (Å²) in [5.74, 6) is 1.52. The number of fused-ring (bicyclic) bond motifs is 1. The minimum atomic E-state index is -2.92. The van der Waals surface area contributed by atoms with Gasteiger partial charge in [-0.15, -0.1) is 24.0 Å². The quantitative estimate of drug-likeness (QED) is 0.335. The van der Waals surface area contributed by atoms with Gasteiger partial charge in [0.15, 0.2) is 17.5 Å². The molecule has 2 N–H and O–H groups in total. The Kier molecular flexibility index (Phi) is 8.35. The zero-order valence-corrected chi connectivity index (χ0v) is 17.7. The molecule has 0 atom stereocenters. The first-order valence-electron chi connectivity index (χ1n) is 8.06. The number of benzene rings is 1. The molecule has 6 nitrogen and oxygen atoms in total. The van der Waals surface area contributed by atoms with Gasteiger partial charge in [0.25, 0.3) is 0 Å². The van der Waals surface area contributed by atoms with E-state index < -0.39 is 6.61 Å². The number of nitrogens with one attached hydrogen (secondary N) is 2. The van der Waals surface area contributed by atoms with Gasteiger partial charge in [0, 0.05) is 24.7 Å². The molecule has 0 fully saturated rings. The lowest BCUT2D eigenvalue weighted by Crippen LogP contribution is -2.36. The van der Waals surface area contributed by atoms with Crippen LogP contribution in [0.4, 0.5) is 8.78 Å². The Morgan fingerprint density at radius 3 is 2.74 bits per heavy atom. The van der Waals surface area contributed by atoms with Crippen molar-refractivity contribution < 1.29 is 23.0 Å². The minimum absolute atomic E-state index is 0. The van der Waals surface area contributed by atoms with Gasteiger partial charge in [-0.1, -0.05) is 0 Å². The number of hydrogen-bond acceptors (Lipinski definition) is 5. The monoisotopic (exact) mass is 511 g/mol. The van der Waals surface area contributed by atoms with E-state index in [-0.39, 0.29) is 43.1 Å². The molecule has 0 unspecified atom stereocenters. The number of hydrogen-bond donors (Lipinski definition) is 2. The van der Waals surface area contributed by atoms with Crippen molar-refractivity contribution in [2.45, 2.75) is 26.6 Å². The average molecular weight is 511 g/mol. The van der Waals surface area contributed by atoms with Crippen molar-refractivity contribution in [3.63, 3.8) is 0 Å². The molecule has 2 aromatic rings. The molecule has 0 amide bonds. The van der Waals surface area contributed by atoms with E-state index in [0.29, 0.717) is 36.1 Å². The van der Waals surface area contributed by atoms with Gasteiger partial charge in [0.1, 0.15) is 5.75 Å². The van der Waals surface area contributed by atoms with Crippen molar-refractivity contribution in [3.8, 4) is 17.2 Å². The number of alkyl halides is 2. The molecule has 1 aromatic carbocycles. The molecule has 10 heteroatoms. The Morgan fingerprint density at radius 1 is 1.30 bits per heavy atom. The van der Waals surface area contributed by atoms with E-state index in [0.717, 1.165) is 5.56 Å². The number of nitrogens with zero attached hydrogens (tertiary/aromatic N) is 1. The van der Waals surface area contributed by atoms with Gasteiger partial charge >= 0.3 is 6.61 Å². The smallest absolute Gasteiger partial charge is 0.387 e. The maximum absolute atomic E-state index is 12.7. The van der Waals surface area contributed by atoms with E-state index in [4.69, 9.17) is 9.47 Å². The molecule has 0 aliphatic carbocycles. The van der Waals surface area contributed by atoms with Crippen molar-refractivity contribution in [1.29, 1.82) is 0 Å². The standard InChI is InChI=1S/C17H19F2N3O3S.HI/c1-2-20-17(21-7-11-3-4-26-9-11)22-8-12-5-14-15(24-10-23-14)6-13(12)25-16(18)19;/h3-6,9,16H,2,7-8,10H2,1H3,(H2,20,21,22);1H. The second-order valence-electron chi connectivity index (χ2n) is 5.37. The van der Waals surface area contributed by atoms with Gasteiger partial charge in [-0.25, -0.2) is 4.99 Å². The first-order chi connectivity index (χ1) is 12.7. The molecule has 3 rings (SSSR count). The van der Waals surface area contributed by atoms with Gasteiger partial charge in [-0.2, -0.15) is 20.1 Å². The van der Waals surface area contributed by atoms with Crippen LogP contribution >= 0.6 is 35.3 Å². The van der Waals surface area contributed by atoms with E-state index in [2.05, 4.69) is 20.4 Å². The van der Waals surface area contributed by atoms with Gasteiger partial charge < -0.3 is 24.8 Å². The molecule has 0 bridgehead atoms. The summed E-state index contributed by atoms with van der Waals surface area (Å²) in [7, 11) is 0. The fourth-order valence-electron chi connectivity index (χ4n) is 2.38. The third-order valence-electron chi connectivity index (χ3n) is 3.56. The second-order valence-corrected chi connectivity index (χ2v) is 6.15. The first kappa shape index (κ1) is 21.5. The molecule has 1 aliphatic heterocycles. The van der Waals surface area contributed by atoms with Crippen LogP contribution in [0, 0.1) is 0 Å². The van der Waals surface area contributed by atoms with Crippen LogP contribution < -0.4 is 24.8 Å². The summed E-state index contributed by atoms with van der Waals surface area (Å²) in [6.07, 6.45) is 0. The Morgan fingerprint density at radius 2 is 2.07 bits per heavy atom. The lowest BCUT2D eigenvalue weighted by molar-refractivity contribution is -0.0505. The van der Waals surface area contributed by atoms with Crippen LogP contribution in [0.2, 0.25) is 0 Å². The van der Waals surface area contributed by atoms with E-state index in [1.807, 2.05) is 23.8 Å². The summed E-state index contributed by atoms with van der Waals surface area (Å²) in [6.45, 7) is 0.541. The van der Waals surface area contributed by atoms with E-state index >= 15 is 0 Å². The Bertz CT molecular complexity index is 760. The average Bonchev–Trinajstić information content (AvgIpc) is 3.27. The van der Waals surface area contributed by atoms with E-state index in [9.17, 15) is 8.78 Å². The normalized spacial score (nSPS) is 12.7. The highest BCUT2D eigenvalue weighted by atomic mass is 127. The Hall–Kier alpha value is -1.82.